The summed E-state index contributed by atoms with van der Waals surface area (Å²) in [6.07, 6.45) is 6.55. The smallest absolute Gasteiger partial charge is 0.313 e. The van der Waals surface area contributed by atoms with E-state index in [1.807, 2.05) is 37.3 Å². The quantitative estimate of drug-likeness (QED) is 0.122. The van der Waals surface area contributed by atoms with Crippen molar-refractivity contribution in [2.24, 2.45) is 11.8 Å². The number of hydrogen-bond donors (Lipinski definition) is 2. The lowest BCUT2D eigenvalue weighted by Crippen LogP contribution is -2.58. The standard InChI is InChI=1S/C37H53N3O8/c1-6-10-15-22-39(21-8-3)35(44)33-37-20-19-28(48-37)30(31(37)34(43)40(33)26(9-4)23-41)36(45)47-32(25-16-13-12-14-17-25)27(24-46-5)38-29(42)18-11-7-2/h7-8,12-14,16-17,26-28,30-33,41H,2-3,6,9-11,15,18-24H2,1,4-5H3,(H,38,42)/t26-,27-,28-,30+,31+,32-,33-,37+/m0/s1. The first-order valence-corrected chi connectivity index (χ1v) is 17.4. The van der Waals surface area contributed by atoms with Crippen LogP contribution in [0.5, 0.6) is 0 Å². The summed E-state index contributed by atoms with van der Waals surface area (Å²) in [6.45, 7) is 12.0. The van der Waals surface area contributed by atoms with E-state index >= 15 is 0 Å². The maximum Gasteiger partial charge on any atom is 0.313 e. The van der Waals surface area contributed by atoms with E-state index in [9.17, 15) is 24.3 Å². The highest BCUT2D eigenvalue weighted by Gasteiger charge is 2.75. The molecule has 3 aliphatic heterocycles. The Hall–Kier alpha value is -3.54. The van der Waals surface area contributed by atoms with E-state index in [2.05, 4.69) is 25.4 Å². The molecule has 3 amide bonds. The first-order chi connectivity index (χ1) is 23.2. The van der Waals surface area contributed by atoms with Crippen molar-refractivity contribution in [3.8, 4) is 0 Å². The Morgan fingerprint density at radius 2 is 1.94 bits per heavy atom. The summed E-state index contributed by atoms with van der Waals surface area (Å²) in [6, 6.07) is 6.77. The highest BCUT2D eigenvalue weighted by atomic mass is 16.6. The minimum Gasteiger partial charge on any atom is -0.455 e. The number of rotatable bonds is 20. The number of carbonyl (C=O) groups excluding carboxylic acids is 4. The maximum absolute atomic E-state index is 14.5. The van der Waals surface area contributed by atoms with E-state index in [0.717, 1.165) is 19.3 Å². The van der Waals surface area contributed by atoms with Gasteiger partial charge in [-0.2, -0.15) is 0 Å². The highest BCUT2D eigenvalue weighted by molar-refractivity contribution is 5.98. The molecule has 11 heteroatoms. The molecule has 3 aliphatic rings. The lowest BCUT2D eigenvalue weighted by Gasteiger charge is -2.39. The van der Waals surface area contributed by atoms with Gasteiger partial charge in [-0.1, -0.05) is 69.2 Å². The molecule has 48 heavy (non-hydrogen) atoms. The molecule has 2 bridgehead atoms. The van der Waals surface area contributed by atoms with Gasteiger partial charge < -0.3 is 34.4 Å². The summed E-state index contributed by atoms with van der Waals surface area (Å²) < 4.78 is 18.4. The maximum atomic E-state index is 14.5. The van der Waals surface area contributed by atoms with Gasteiger partial charge in [-0.05, 0) is 37.7 Å². The zero-order valence-electron chi connectivity index (χ0n) is 28.7. The molecule has 264 valence electrons. The molecule has 2 N–H and O–H groups in total. The van der Waals surface area contributed by atoms with Gasteiger partial charge >= 0.3 is 5.97 Å². The van der Waals surface area contributed by atoms with Gasteiger partial charge in [0.15, 0.2) is 0 Å². The lowest BCUT2D eigenvalue weighted by atomic mass is 9.70. The number of benzene rings is 1. The van der Waals surface area contributed by atoms with Crippen LogP contribution in [0.1, 0.15) is 76.9 Å². The summed E-state index contributed by atoms with van der Waals surface area (Å²) in [5, 5.41) is 13.3. The van der Waals surface area contributed by atoms with Crippen LogP contribution in [0.2, 0.25) is 0 Å². The molecule has 1 aromatic carbocycles. The number of unbranched alkanes of at least 4 members (excludes halogenated alkanes) is 2. The van der Waals surface area contributed by atoms with Gasteiger partial charge in [0.25, 0.3) is 0 Å². The third kappa shape index (κ3) is 7.53. The molecule has 3 saturated heterocycles. The fourth-order valence-electron chi connectivity index (χ4n) is 7.74. The second-order valence-electron chi connectivity index (χ2n) is 13.1. The number of nitrogens with one attached hydrogen (secondary N) is 1. The highest BCUT2D eigenvalue weighted by Crippen LogP contribution is 2.59. The van der Waals surface area contributed by atoms with E-state index in [1.54, 1.807) is 17.1 Å². The number of carbonyl (C=O) groups is 4. The molecule has 11 nitrogen and oxygen atoms in total. The summed E-state index contributed by atoms with van der Waals surface area (Å²) in [5.74, 6) is -3.44. The molecule has 8 atom stereocenters. The fraction of sp³-hybridized carbons (Fsp3) is 0.622. The van der Waals surface area contributed by atoms with Crippen molar-refractivity contribution >= 4 is 23.7 Å². The molecule has 4 rings (SSSR count). The van der Waals surface area contributed by atoms with Crippen LogP contribution >= 0.6 is 0 Å². The van der Waals surface area contributed by atoms with Crippen LogP contribution in [0.3, 0.4) is 0 Å². The number of ether oxygens (including phenoxy) is 3. The van der Waals surface area contributed by atoms with Gasteiger partial charge in [0.1, 0.15) is 17.7 Å². The minimum atomic E-state index is -1.23. The van der Waals surface area contributed by atoms with Gasteiger partial charge in [-0.3, -0.25) is 19.2 Å². The van der Waals surface area contributed by atoms with Gasteiger partial charge in [-0.25, -0.2) is 0 Å². The minimum absolute atomic E-state index is 0.0692. The van der Waals surface area contributed by atoms with Crippen molar-refractivity contribution in [3.05, 3.63) is 61.2 Å². The topological polar surface area (TPSA) is 135 Å². The number of methoxy groups -OCH3 is 1. The third-order valence-corrected chi connectivity index (χ3v) is 10.0. The Kier molecular flexibility index (Phi) is 13.4. The van der Waals surface area contributed by atoms with Crippen LogP contribution in [0.4, 0.5) is 0 Å². The molecule has 3 fully saturated rings. The monoisotopic (exact) mass is 667 g/mol. The molecule has 3 heterocycles. The first kappa shape index (κ1) is 37.3. The van der Waals surface area contributed by atoms with Gasteiger partial charge in [0.2, 0.25) is 17.7 Å². The SMILES string of the molecule is C=CCCC(=O)N[C@@H](COC)[C@@H](OC(=O)[C@@H]1[C@@H]2CC[C@]3(O2)[C@H](C(=O)N(CC=C)CCCCC)N([C@@H](CC)CO)C(=O)[C@@H]13)c1ccccc1. The van der Waals surface area contributed by atoms with Gasteiger partial charge in [-0.15, -0.1) is 13.2 Å². The largest absolute Gasteiger partial charge is 0.455 e. The van der Waals surface area contributed by atoms with E-state index in [-0.39, 0.29) is 37.4 Å². The van der Waals surface area contributed by atoms with Crippen molar-refractivity contribution in [2.75, 3.05) is 33.4 Å². The number of allylic oxidation sites excluding steroid dienone is 1. The number of esters is 1. The van der Waals surface area contributed by atoms with Crippen LogP contribution in [0.15, 0.2) is 55.6 Å². The third-order valence-electron chi connectivity index (χ3n) is 10.0. The van der Waals surface area contributed by atoms with Gasteiger partial charge in [0.05, 0.1) is 43.2 Å². The molecule has 1 spiro atoms. The normalized spacial score (nSPS) is 26.0. The first-order valence-electron chi connectivity index (χ1n) is 17.4. The van der Waals surface area contributed by atoms with E-state index in [0.29, 0.717) is 44.3 Å². The van der Waals surface area contributed by atoms with Crippen LogP contribution in [-0.2, 0) is 33.4 Å². The molecule has 0 unspecified atom stereocenters. The average molecular weight is 668 g/mol. The van der Waals surface area contributed by atoms with Crippen LogP contribution in [-0.4, -0.2) is 102 Å². The van der Waals surface area contributed by atoms with Crippen molar-refractivity contribution in [1.29, 1.82) is 0 Å². The van der Waals surface area contributed by atoms with E-state index < -0.39 is 53.7 Å². The number of fused-ring (bicyclic) bond motifs is 1. The molecule has 0 aromatic heterocycles. The Morgan fingerprint density at radius 1 is 1.19 bits per heavy atom. The predicted octanol–water partition coefficient (Wildman–Crippen LogP) is 3.72. The van der Waals surface area contributed by atoms with E-state index in [1.165, 1.54) is 12.0 Å². The second kappa shape index (κ2) is 17.2. The predicted molar refractivity (Wildman–Crippen MR) is 180 cm³/mol. The molecular weight excluding hydrogens is 614 g/mol. The summed E-state index contributed by atoms with van der Waals surface area (Å²) in [7, 11) is 1.51. The number of aliphatic hydroxyl groups is 1. The van der Waals surface area contributed by atoms with Crippen molar-refractivity contribution < 1.29 is 38.5 Å². The number of amides is 3. The van der Waals surface area contributed by atoms with Crippen molar-refractivity contribution in [3.63, 3.8) is 0 Å². The average Bonchev–Trinajstić information content (AvgIpc) is 3.74. The van der Waals surface area contributed by atoms with E-state index in [4.69, 9.17) is 14.2 Å². The van der Waals surface area contributed by atoms with Crippen LogP contribution < -0.4 is 5.32 Å². The number of likely N-dealkylation sites (tertiary alicyclic amines) is 1. The zero-order valence-corrected chi connectivity index (χ0v) is 28.7. The Labute approximate surface area is 284 Å². The Morgan fingerprint density at radius 3 is 2.56 bits per heavy atom. The second-order valence-corrected chi connectivity index (χ2v) is 13.1. The molecular formula is C37H53N3O8. The van der Waals surface area contributed by atoms with Crippen molar-refractivity contribution in [1.82, 2.24) is 15.1 Å². The summed E-state index contributed by atoms with van der Waals surface area (Å²) in [5.41, 5.74) is -0.579. The molecule has 0 aliphatic carbocycles. The Bertz CT molecular complexity index is 1290. The van der Waals surface area contributed by atoms with Gasteiger partial charge in [0, 0.05) is 26.6 Å². The molecule has 0 saturated carbocycles. The summed E-state index contributed by atoms with van der Waals surface area (Å²) in [4.78, 5) is 59.4. The Balaban J connectivity index is 1.69. The number of hydrogen-bond acceptors (Lipinski definition) is 8. The lowest BCUT2D eigenvalue weighted by molar-refractivity contribution is -0.163. The van der Waals surface area contributed by atoms with Crippen LogP contribution in [0.25, 0.3) is 0 Å². The fourth-order valence-corrected chi connectivity index (χ4v) is 7.74. The number of nitrogens with zero attached hydrogens (tertiary/aromatic N) is 2. The number of aliphatic hydroxyl groups excluding tert-OH is 1. The zero-order chi connectivity index (χ0) is 34.8. The van der Waals surface area contributed by atoms with Crippen LogP contribution in [0, 0.1) is 11.8 Å². The van der Waals surface area contributed by atoms with Crippen molar-refractivity contribution in [2.45, 2.75) is 101 Å². The molecule has 1 aromatic rings. The molecule has 0 radical (unpaired) electrons. The summed E-state index contributed by atoms with van der Waals surface area (Å²) >= 11 is 0.